The predicted octanol–water partition coefficient (Wildman–Crippen LogP) is 0.722. The number of carbonyl (C=O) groups is 2. The minimum atomic E-state index is -0.160. The van der Waals surface area contributed by atoms with E-state index in [0.717, 1.165) is 10.5 Å². The average molecular weight is 252 g/mol. The van der Waals surface area contributed by atoms with Crippen LogP contribution in [0.3, 0.4) is 0 Å². The average Bonchev–Trinajstić information content (AvgIpc) is 2.29. The zero-order valence-electron chi connectivity index (χ0n) is 9.93. The number of rotatable bonds is 4. The molecule has 0 saturated heterocycles. The molecule has 0 atom stereocenters. The number of thiol groups is 1. The van der Waals surface area contributed by atoms with Gasteiger partial charge in [-0.3, -0.25) is 9.59 Å². The van der Waals surface area contributed by atoms with Crippen molar-refractivity contribution in [2.75, 3.05) is 20.6 Å². The Morgan fingerprint density at radius 3 is 2.35 bits per heavy atom. The number of carbonyl (C=O) groups excluding carboxylic acids is 2. The predicted molar refractivity (Wildman–Crippen MR) is 69.1 cm³/mol. The Kier molecular flexibility index (Phi) is 5.03. The number of nitrogens with one attached hydrogen (secondary N) is 1. The molecule has 0 aromatic heterocycles. The quantitative estimate of drug-likeness (QED) is 0.776. The van der Waals surface area contributed by atoms with E-state index in [4.69, 9.17) is 0 Å². The fraction of sp³-hybridized carbons (Fsp3) is 0.333. The molecule has 0 saturated carbocycles. The Morgan fingerprint density at radius 1 is 1.24 bits per heavy atom. The summed E-state index contributed by atoms with van der Waals surface area (Å²) in [5.41, 5.74) is 0.901. The Labute approximate surface area is 106 Å². The summed E-state index contributed by atoms with van der Waals surface area (Å²) in [6, 6.07) is 7.35. The molecular formula is C12H16N2O2S. The molecule has 1 N–H and O–H groups in total. The van der Waals surface area contributed by atoms with E-state index in [-0.39, 0.29) is 24.8 Å². The Hall–Kier alpha value is -1.49. The second-order valence-electron chi connectivity index (χ2n) is 3.91. The largest absolute Gasteiger partial charge is 0.347 e. The van der Waals surface area contributed by atoms with Gasteiger partial charge in [0.25, 0.3) is 0 Å². The maximum Gasteiger partial charge on any atom is 0.241 e. The normalized spacial score (nSPS) is 9.82. The van der Waals surface area contributed by atoms with Gasteiger partial charge in [0, 0.05) is 19.0 Å². The molecule has 0 radical (unpaired) electrons. The first-order valence-electron chi connectivity index (χ1n) is 5.24. The molecule has 5 heteroatoms. The first-order chi connectivity index (χ1) is 7.99. The second kappa shape index (κ2) is 6.30. The van der Waals surface area contributed by atoms with Gasteiger partial charge in [-0.25, -0.2) is 0 Å². The third-order valence-electron chi connectivity index (χ3n) is 2.24. The molecular weight excluding hydrogens is 236 g/mol. The summed E-state index contributed by atoms with van der Waals surface area (Å²) in [5, 5.41) is 2.58. The van der Waals surface area contributed by atoms with Crippen LogP contribution in [0.4, 0.5) is 0 Å². The molecule has 1 rings (SSSR count). The van der Waals surface area contributed by atoms with Gasteiger partial charge in [-0.1, -0.05) is 12.1 Å². The van der Waals surface area contributed by atoms with E-state index < -0.39 is 0 Å². The number of nitrogens with zero attached hydrogens (tertiary/aromatic N) is 1. The van der Waals surface area contributed by atoms with Crippen LogP contribution >= 0.6 is 12.6 Å². The lowest BCUT2D eigenvalue weighted by Gasteiger charge is -2.10. The van der Waals surface area contributed by atoms with Gasteiger partial charge in [-0.05, 0) is 17.7 Å². The van der Waals surface area contributed by atoms with E-state index in [0.29, 0.717) is 0 Å². The molecule has 0 unspecified atom stereocenters. The maximum absolute atomic E-state index is 11.5. The standard InChI is InChI=1S/C12H16N2O2S/c1-14(2)12(16)8-13-11(15)7-9-3-5-10(17)6-4-9/h3-6,17H,7-8H2,1-2H3,(H,13,15). The number of hydrogen-bond donors (Lipinski definition) is 2. The molecule has 0 heterocycles. The molecule has 0 bridgehead atoms. The van der Waals surface area contributed by atoms with Crippen molar-refractivity contribution in [3.05, 3.63) is 29.8 Å². The van der Waals surface area contributed by atoms with E-state index in [1.807, 2.05) is 24.3 Å². The Balaban J connectivity index is 2.40. The van der Waals surface area contributed by atoms with Gasteiger partial charge in [0.15, 0.2) is 0 Å². The van der Waals surface area contributed by atoms with E-state index in [1.54, 1.807) is 14.1 Å². The second-order valence-corrected chi connectivity index (χ2v) is 4.42. The van der Waals surface area contributed by atoms with Crippen LogP contribution < -0.4 is 5.32 Å². The first kappa shape index (κ1) is 13.6. The van der Waals surface area contributed by atoms with Gasteiger partial charge in [0.05, 0.1) is 13.0 Å². The summed E-state index contributed by atoms with van der Waals surface area (Å²) < 4.78 is 0. The summed E-state index contributed by atoms with van der Waals surface area (Å²) in [4.78, 5) is 25.1. The van der Waals surface area contributed by atoms with E-state index in [9.17, 15) is 9.59 Å². The summed E-state index contributed by atoms with van der Waals surface area (Å²) in [7, 11) is 3.31. The van der Waals surface area contributed by atoms with Crippen LogP contribution in [-0.2, 0) is 16.0 Å². The fourth-order valence-electron chi connectivity index (χ4n) is 1.19. The lowest BCUT2D eigenvalue weighted by Crippen LogP contribution is -2.36. The number of benzene rings is 1. The number of amides is 2. The summed E-state index contributed by atoms with van der Waals surface area (Å²) in [6.07, 6.45) is 0.273. The molecule has 92 valence electrons. The SMILES string of the molecule is CN(C)C(=O)CNC(=O)Cc1ccc(S)cc1. The van der Waals surface area contributed by atoms with Gasteiger partial charge < -0.3 is 10.2 Å². The highest BCUT2D eigenvalue weighted by molar-refractivity contribution is 7.80. The van der Waals surface area contributed by atoms with Crippen molar-refractivity contribution in [1.82, 2.24) is 10.2 Å². The van der Waals surface area contributed by atoms with Crippen molar-refractivity contribution >= 4 is 24.4 Å². The van der Waals surface area contributed by atoms with Gasteiger partial charge in [-0.15, -0.1) is 12.6 Å². The van der Waals surface area contributed by atoms with Gasteiger partial charge >= 0.3 is 0 Å². The van der Waals surface area contributed by atoms with Crippen molar-refractivity contribution < 1.29 is 9.59 Å². The topological polar surface area (TPSA) is 49.4 Å². The maximum atomic E-state index is 11.5. The van der Waals surface area contributed by atoms with E-state index in [2.05, 4.69) is 17.9 Å². The van der Waals surface area contributed by atoms with Crippen LogP contribution in [-0.4, -0.2) is 37.4 Å². The van der Waals surface area contributed by atoms with Crippen LogP contribution in [0.25, 0.3) is 0 Å². The first-order valence-corrected chi connectivity index (χ1v) is 5.68. The van der Waals surface area contributed by atoms with E-state index in [1.165, 1.54) is 4.90 Å². The molecule has 1 aromatic rings. The molecule has 2 amide bonds. The van der Waals surface area contributed by atoms with Crippen molar-refractivity contribution in [2.24, 2.45) is 0 Å². The van der Waals surface area contributed by atoms with E-state index >= 15 is 0 Å². The van der Waals surface area contributed by atoms with Crippen molar-refractivity contribution in [2.45, 2.75) is 11.3 Å². The van der Waals surface area contributed by atoms with Crippen molar-refractivity contribution in [1.29, 1.82) is 0 Å². The number of hydrogen-bond acceptors (Lipinski definition) is 3. The lowest BCUT2D eigenvalue weighted by molar-refractivity contribution is -0.130. The lowest BCUT2D eigenvalue weighted by atomic mass is 10.1. The number of likely N-dealkylation sites (N-methyl/N-ethyl adjacent to an activating group) is 1. The molecule has 17 heavy (non-hydrogen) atoms. The molecule has 0 fully saturated rings. The zero-order valence-corrected chi connectivity index (χ0v) is 10.8. The Morgan fingerprint density at radius 2 is 1.82 bits per heavy atom. The van der Waals surface area contributed by atoms with Crippen LogP contribution in [0.1, 0.15) is 5.56 Å². The summed E-state index contributed by atoms with van der Waals surface area (Å²) >= 11 is 4.16. The minimum Gasteiger partial charge on any atom is -0.347 e. The molecule has 4 nitrogen and oxygen atoms in total. The Bertz CT molecular complexity index is 401. The van der Waals surface area contributed by atoms with Crippen molar-refractivity contribution in [3.63, 3.8) is 0 Å². The highest BCUT2D eigenvalue weighted by atomic mass is 32.1. The molecule has 0 aliphatic rings. The monoisotopic (exact) mass is 252 g/mol. The third-order valence-corrected chi connectivity index (χ3v) is 2.53. The fourth-order valence-corrected chi connectivity index (χ4v) is 1.34. The molecule has 0 aliphatic heterocycles. The van der Waals surface area contributed by atoms with Crippen molar-refractivity contribution in [3.8, 4) is 0 Å². The summed E-state index contributed by atoms with van der Waals surface area (Å²) in [6.45, 7) is 0.0382. The van der Waals surface area contributed by atoms with Crippen LogP contribution in [0.2, 0.25) is 0 Å². The molecule has 0 aliphatic carbocycles. The third kappa shape index (κ3) is 4.91. The summed E-state index contributed by atoms with van der Waals surface area (Å²) in [5.74, 6) is -0.281. The van der Waals surface area contributed by atoms with Gasteiger partial charge in [0.1, 0.15) is 0 Å². The van der Waals surface area contributed by atoms with Gasteiger partial charge in [-0.2, -0.15) is 0 Å². The molecule has 0 spiro atoms. The highest BCUT2D eigenvalue weighted by Crippen LogP contribution is 2.07. The van der Waals surface area contributed by atoms with Crippen LogP contribution in [0.5, 0.6) is 0 Å². The van der Waals surface area contributed by atoms with Crippen LogP contribution in [0.15, 0.2) is 29.2 Å². The molecule has 1 aromatic carbocycles. The smallest absolute Gasteiger partial charge is 0.241 e. The zero-order chi connectivity index (χ0) is 12.8. The van der Waals surface area contributed by atoms with Crippen LogP contribution in [0, 0.1) is 0 Å². The van der Waals surface area contributed by atoms with Gasteiger partial charge in [0.2, 0.25) is 11.8 Å². The highest BCUT2D eigenvalue weighted by Gasteiger charge is 2.07. The minimum absolute atomic E-state index is 0.0382.